The second-order valence-electron chi connectivity index (χ2n) is 5.27. The molecule has 0 atom stereocenters. The van der Waals surface area contributed by atoms with Crippen molar-refractivity contribution in [2.45, 2.75) is 18.2 Å². The molecule has 1 N–H and O–H groups in total. The lowest BCUT2D eigenvalue weighted by Gasteiger charge is -2.25. The number of carbonyl (C=O) groups excluding carboxylic acids is 1. The number of nitrogens with zero attached hydrogens (tertiary/aromatic N) is 4. The monoisotopic (exact) mass is 375 g/mol. The Morgan fingerprint density at radius 1 is 1.44 bits per heavy atom. The molecule has 0 aliphatic carbocycles. The minimum atomic E-state index is -0.224. The maximum absolute atomic E-state index is 11.9. The minimum Gasteiger partial charge on any atom is -0.472 e. The number of amides is 1. The van der Waals surface area contributed by atoms with Crippen molar-refractivity contribution in [2.24, 2.45) is 5.10 Å². The number of thioether (sulfide) groups is 2. The van der Waals surface area contributed by atoms with E-state index in [9.17, 15) is 4.79 Å². The van der Waals surface area contributed by atoms with Crippen molar-refractivity contribution in [2.75, 3.05) is 17.3 Å². The number of pyridine rings is 1. The van der Waals surface area contributed by atoms with Gasteiger partial charge in [0.15, 0.2) is 5.16 Å². The lowest BCUT2D eigenvalue weighted by Crippen LogP contribution is -2.31. The Labute approximate surface area is 154 Å². The molecule has 0 aromatic carbocycles. The molecule has 1 amide bonds. The third-order valence-corrected chi connectivity index (χ3v) is 5.21. The zero-order valence-corrected chi connectivity index (χ0v) is 15.2. The van der Waals surface area contributed by atoms with Crippen molar-refractivity contribution in [1.29, 1.82) is 0 Å². The van der Waals surface area contributed by atoms with Gasteiger partial charge in [-0.15, -0.1) is 0 Å². The molecule has 0 spiro atoms. The van der Waals surface area contributed by atoms with Gasteiger partial charge in [0.25, 0.3) is 5.91 Å². The van der Waals surface area contributed by atoms with E-state index in [-0.39, 0.29) is 17.8 Å². The smallest absolute Gasteiger partial charge is 0.250 e. The Hall–Kier alpha value is -2.13. The zero-order chi connectivity index (χ0) is 17.5. The Balaban J connectivity index is 1.48. The average Bonchev–Trinajstić information content (AvgIpc) is 2.57. The second kappa shape index (κ2) is 8.82. The minimum absolute atomic E-state index is 0.176. The van der Waals surface area contributed by atoms with E-state index >= 15 is 0 Å². The van der Waals surface area contributed by atoms with Crippen LogP contribution in [0, 0.1) is 6.92 Å². The Morgan fingerprint density at radius 3 is 2.96 bits per heavy atom. The van der Waals surface area contributed by atoms with Crippen LogP contribution >= 0.6 is 23.5 Å². The first kappa shape index (κ1) is 17.7. The van der Waals surface area contributed by atoms with Gasteiger partial charge in [-0.25, -0.2) is 10.4 Å². The predicted molar refractivity (Wildman–Crippen MR) is 99.2 cm³/mol. The van der Waals surface area contributed by atoms with E-state index in [1.165, 1.54) is 11.8 Å². The summed E-state index contributed by atoms with van der Waals surface area (Å²) < 4.78 is 5.78. The molecule has 3 rings (SSSR count). The second-order valence-corrected chi connectivity index (χ2v) is 7.29. The number of nitrogens with one attached hydrogen (secondary N) is 1. The van der Waals surface area contributed by atoms with Crippen LogP contribution in [0.15, 0.2) is 40.9 Å². The highest BCUT2D eigenvalue weighted by atomic mass is 32.2. The number of hydrogen-bond acceptors (Lipinski definition) is 8. The first-order valence-electron chi connectivity index (χ1n) is 7.64. The van der Waals surface area contributed by atoms with Crippen molar-refractivity contribution >= 4 is 35.6 Å². The molecular formula is C16H17N5O2S2. The van der Waals surface area contributed by atoms with Gasteiger partial charge < -0.3 is 4.74 Å². The van der Waals surface area contributed by atoms with Crippen molar-refractivity contribution in [1.82, 2.24) is 20.4 Å². The predicted octanol–water partition coefficient (Wildman–Crippen LogP) is 1.92. The highest BCUT2D eigenvalue weighted by Crippen LogP contribution is 2.24. The summed E-state index contributed by atoms with van der Waals surface area (Å²) in [7, 11) is 0. The van der Waals surface area contributed by atoms with Crippen LogP contribution in [-0.4, -0.2) is 50.4 Å². The standard InChI is InChI=1S/C16H17N5O2S2/c1-11-6-15(23-13-8-24-9-13)20-16(19-11)25-10-14(22)21-18-7-12-2-4-17-5-3-12/h2-7,13H,8-10H2,1H3,(H,21,22). The fraction of sp³-hybridized carbons (Fsp3) is 0.312. The molecular weight excluding hydrogens is 358 g/mol. The number of hydrazone groups is 1. The van der Waals surface area contributed by atoms with E-state index in [4.69, 9.17) is 4.74 Å². The van der Waals surface area contributed by atoms with Gasteiger partial charge in [-0.1, -0.05) is 11.8 Å². The highest BCUT2D eigenvalue weighted by Gasteiger charge is 2.21. The van der Waals surface area contributed by atoms with Crippen LogP contribution < -0.4 is 10.2 Å². The molecule has 7 nitrogen and oxygen atoms in total. The maximum atomic E-state index is 11.9. The van der Waals surface area contributed by atoms with E-state index in [1.807, 2.05) is 24.8 Å². The Morgan fingerprint density at radius 2 is 2.24 bits per heavy atom. The summed E-state index contributed by atoms with van der Waals surface area (Å²) >= 11 is 3.10. The quantitative estimate of drug-likeness (QED) is 0.342. The largest absolute Gasteiger partial charge is 0.472 e. The van der Waals surface area contributed by atoms with Gasteiger partial charge in [0.2, 0.25) is 5.88 Å². The summed E-state index contributed by atoms with van der Waals surface area (Å²) in [6.45, 7) is 1.88. The van der Waals surface area contributed by atoms with Crippen LogP contribution in [0.2, 0.25) is 0 Å². The number of aromatic nitrogens is 3. The molecule has 0 bridgehead atoms. The topological polar surface area (TPSA) is 89.4 Å². The van der Waals surface area contributed by atoms with Crippen molar-refractivity contribution in [3.05, 3.63) is 41.9 Å². The normalized spacial score (nSPS) is 14.3. The molecule has 25 heavy (non-hydrogen) atoms. The van der Waals surface area contributed by atoms with E-state index in [0.29, 0.717) is 11.0 Å². The molecule has 0 radical (unpaired) electrons. The summed E-state index contributed by atoms with van der Waals surface area (Å²) in [6.07, 6.45) is 5.12. The lowest BCUT2D eigenvalue weighted by molar-refractivity contribution is -0.118. The average molecular weight is 375 g/mol. The van der Waals surface area contributed by atoms with E-state index in [0.717, 1.165) is 22.8 Å². The van der Waals surface area contributed by atoms with Crippen molar-refractivity contribution in [3.63, 3.8) is 0 Å². The molecule has 1 aliphatic heterocycles. The zero-order valence-electron chi connectivity index (χ0n) is 13.6. The van der Waals surface area contributed by atoms with Gasteiger partial charge in [0, 0.05) is 35.7 Å². The van der Waals surface area contributed by atoms with Gasteiger partial charge in [-0.05, 0) is 24.6 Å². The number of aryl methyl sites for hydroxylation is 1. The molecule has 1 fully saturated rings. The summed E-state index contributed by atoms with van der Waals surface area (Å²) in [4.78, 5) is 24.5. The Kier molecular flexibility index (Phi) is 6.24. The van der Waals surface area contributed by atoms with Gasteiger partial charge in [-0.3, -0.25) is 9.78 Å². The van der Waals surface area contributed by atoms with Gasteiger partial charge in [-0.2, -0.15) is 21.8 Å². The summed E-state index contributed by atoms with van der Waals surface area (Å²) in [5, 5.41) is 4.44. The lowest BCUT2D eigenvalue weighted by atomic mass is 10.3. The molecule has 1 saturated heterocycles. The van der Waals surface area contributed by atoms with Gasteiger partial charge in [0.1, 0.15) is 6.10 Å². The van der Waals surface area contributed by atoms with Crippen LogP contribution in [0.3, 0.4) is 0 Å². The molecule has 2 aromatic rings. The van der Waals surface area contributed by atoms with Crippen LogP contribution in [0.25, 0.3) is 0 Å². The maximum Gasteiger partial charge on any atom is 0.250 e. The summed E-state index contributed by atoms with van der Waals surface area (Å²) in [5.41, 5.74) is 4.16. The van der Waals surface area contributed by atoms with E-state index in [1.54, 1.807) is 30.7 Å². The van der Waals surface area contributed by atoms with Crippen LogP contribution in [0.1, 0.15) is 11.3 Å². The summed E-state index contributed by atoms with van der Waals surface area (Å²) in [5.74, 6) is 2.50. The molecule has 2 aromatic heterocycles. The van der Waals surface area contributed by atoms with Gasteiger partial charge in [0.05, 0.1) is 12.0 Å². The Bertz CT molecular complexity index is 753. The van der Waals surface area contributed by atoms with Crippen molar-refractivity contribution in [3.8, 4) is 5.88 Å². The number of carbonyl (C=O) groups is 1. The third kappa shape index (κ3) is 5.71. The first-order valence-corrected chi connectivity index (χ1v) is 9.78. The fourth-order valence-corrected chi connectivity index (χ4v) is 3.13. The van der Waals surface area contributed by atoms with E-state index in [2.05, 4.69) is 25.5 Å². The van der Waals surface area contributed by atoms with Crippen LogP contribution in [0.4, 0.5) is 0 Å². The molecule has 1 aliphatic rings. The highest BCUT2D eigenvalue weighted by molar-refractivity contribution is 8.00. The number of ether oxygens (including phenoxy) is 1. The molecule has 0 saturated carbocycles. The van der Waals surface area contributed by atoms with E-state index < -0.39 is 0 Å². The van der Waals surface area contributed by atoms with Crippen molar-refractivity contribution < 1.29 is 9.53 Å². The van der Waals surface area contributed by atoms with Gasteiger partial charge >= 0.3 is 0 Å². The molecule has 9 heteroatoms. The van der Waals surface area contributed by atoms with Crippen LogP contribution in [0.5, 0.6) is 5.88 Å². The first-order chi connectivity index (χ1) is 12.2. The summed E-state index contributed by atoms with van der Waals surface area (Å²) in [6, 6.07) is 5.41. The SMILES string of the molecule is Cc1cc(OC2CSC2)nc(SCC(=O)NN=Cc2ccncc2)n1. The third-order valence-electron chi connectivity index (χ3n) is 3.15. The molecule has 0 unspecified atom stereocenters. The fourth-order valence-electron chi connectivity index (χ4n) is 1.88. The molecule has 3 heterocycles. The molecule has 130 valence electrons. The number of hydrogen-bond donors (Lipinski definition) is 1. The number of rotatable bonds is 7. The van der Waals surface area contributed by atoms with Crippen LogP contribution in [-0.2, 0) is 4.79 Å².